The van der Waals surface area contributed by atoms with Crippen molar-refractivity contribution in [3.63, 3.8) is 0 Å². The van der Waals surface area contributed by atoms with Gasteiger partial charge in [0.05, 0.1) is 5.02 Å². The highest BCUT2D eigenvalue weighted by Gasteiger charge is 2.08. The predicted molar refractivity (Wildman–Crippen MR) is 75.1 cm³/mol. The molecule has 2 aromatic rings. The van der Waals surface area contributed by atoms with Gasteiger partial charge in [-0.2, -0.15) is 0 Å². The number of hydrogen-bond donors (Lipinski definition) is 0. The Kier molecular flexibility index (Phi) is 4.69. The van der Waals surface area contributed by atoms with Crippen molar-refractivity contribution in [2.45, 2.75) is 19.3 Å². The lowest BCUT2D eigenvalue weighted by atomic mass is 10.0. The van der Waals surface area contributed by atoms with Crippen LogP contribution in [0.2, 0.25) is 5.02 Å². The first-order valence-corrected chi connectivity index (χ1v) is 6.57. The Morgan fingerprint density at radius 3 is 2.53 bits per heavy atom. The van der Waals surface area contributed by atoms with Gasteiger partial charge in [0.1, 0.15) is 5.82 Å². The first kappa shape index (κ1) is 13.8. The van der Waals surface area contributed by atoms with Gasteiger partial charge >= 0.3 is 0 Å². The topological polar surface area (TPSA) is 17.1 Å². The second kappa shape index (κ2) is 6.48. The van der Waals surface area contributed by atoms with Crippen molar-refractivity contribution in [3.8, 4) is 0 Å². The standard InChI is InChI=1S/C16H14ClFO/c17-16-13(8-4-10-14(16)18)9-5-11-15(19)12-6-2-1-3-7-12/h1-4,6-8,10H,5,9,11H2. The fourth-order valence-electron chi connectivity index (χ4n) is 1.95. The van der Waals surface area contributed by atoms with Gasteiger partial charge in [0.15, 0.2) is 5.78 Å². The largest absolute Gasteiger partial charge is 0.294 e. The van der Waals surface area contributed by atoms with E-state index >= 15 is 0 Å². The molecule has 2 rings (SSSR count). The molecule has 0 fully saturated rings. The van der Waals surface area contributed by atoms with E-state index in [1.165, 1.54) is 6.07 Å². The smallest absolute Gasteiger partial charge is 0.162 e. The molecule has 98 valence electrons. The lowest BCUT2D eigenvalue weighted by Crippen LogP contribution is -2.00. The Hall–Kier alpha value is -1.67. The quantitative estimate of drug-likeness (QED) is 0.725. The van der Waals surface area contributed by atoms with Crippen LogP contribution in [-0.4, -0.2) is 5.78 Å². The highest BCUT2D eigenvalue weighted by molar-refractivity contribution is 6.31. The van der Waals surface area contributed by atoms with E-state index in [2.05, 4.69) is 0 Å². The summed E-state index contributed by atoms with van der Waals surface area (Å²) in [7, 11) is 0. The molecule has 0 atom stereocenters. The van der Waals surface area contributed by atoms with E-state index in [0.717, 1.165) is 5.56 Å². The number of Topliss-reactive ketones (excluding diaryl/α,β-unsaturated/α-hetero) is 1. The number of carbonyl (C=O) groups excluding carboxylic acids is 1. The van der Waals surface area contributed by atoms with Gasteiger partial charge in [0.2, 0.25) is 0 Å². The molecule has 0 aromatic heterocycles. The molecule has 0 aliphatic rings. The van der Waals surface area contributed by atoms with Crippen LogP contribution in [0.4, 0.5) is 4.39 Å². The third kappa shape index (κ3) is 3.65. The molecule has 19 heavy (non-hydrogen) atoms. The normalized spacial score (nSPS) is 10.4. The van der Waals surface area contributed by atoms with Gasteiger partial charge in [-0.05, 0) is 24.5 Å². The summed E-state index contributed by atoms with van der Waals surface area (Å²) in [5.74, 6) is -0.304. The van der Waals surface area contributed by atoms with E-state index in [1.54, 1.807) is 24.3 Å². The van der Waals surface area contributed by atoms with Crippen molar-refractivity contribution in [1.82, 2.24) is 0 Å². The van der Waals surface area contributed by atoms with Crippen molar-refractivity contribution < 1.29 is 9.18 Å². The minimum Gasteiger partial charge on any atom is -0.294 e. The van der Waals surface area contributed by atoms with Crippen LogP contribution in [0.25, 0.3) is 0 Å². The summed E-state index contributed by atoms with van der Waals surface area (Å²) in [6.45, 7) is 0. The summed E-state index contributed by atoms with van der Waals surface area (Å²) in [6.07, 6.45) is 1.71. The van der Waals surface area contributed by atoms with Crippen LogP contribution in [0, 0.1) is 5.82 Å². The molecule has 0 heterocycles. The number of aryl methyl sites for hydroxylation is 1. The Balaban J connectivity index is 1.90. The minimum absolute atomic E-state index is 0.105. The SMILES string of the molecule is O=C(CCCc1cccc(F)c1Cl)c1ccccc1. The second-order valence-electron chi connectivity index (χ2n) is 4.36. The molecule has 0 spiro atoms. The Morgan fingerprint density at radius 2 is 1.79 bits per heavy atom. The molecule has 0 bridgehead atoms. The number of hydrogen-bond acceptors (Lipinski definition) is 1. The minimum atomic E-state index is -0.409. The van der Waals surface area contributed by atoms with Crippen LogP contribution in [-0.2, 0) is 6.42 Å². The lowest BCUT2D eigenvalue weighted by Gasteiger charge is -2.05. The first-order chi connectivity index (χ1) is 9.18. The predicted octanol–water partition coefficient (Wildman–Crippen LogP) is 4.68. The van der Waals surface area contributed by atoms with Gasteiger partial charge in [-0.15, -0.1) is 0 Å². The maximum absolute atomic E-state index is 13.2. The lowest BCUT2D eigenvalue weighted by molar-refractivity contribution is 0.0980. The second-order valence-corrected chi connectivity index (χ2v) is 4.73. The molecule has 0 amide bonds. The zero-order valence-corrected chi connectivity index (χ0v) is 11.2. The van der Waals surface area contributed by atoms with Gasteiger partial charge in [-0.1, -0.05) is 54.1 Å². The van der Waals surface area contributed by atoms with E-state index in [9.17, 15) is 9.18 Å². The van der Waals surface area contributed by atoms with Crippen LogP contribution >= 0.6 is 11.6 Å². The van der Waals surface area contributed by atoms with Crippen LogP contribution < -0.4 is 0 Å². The first-order valence-electron chi connectivity index (χ1n) is 6.19. The third-order valence-corrected chi connectivity index (χ3v) is 3.40. The van der Waals surface area contributed by atoms with E-state index in [1.807, 2.05) is 18.2 Å². The number of rotatable bonds is 5. The summed E-state index contributed by atoms with van der Waals surface area (Å²) in [5.41, 5.74) is 1.47. The summed E-state index contributed by atoms with van der Waals surface area (Å²) >= 11 is 5.87. The number of carbonyl (C=O) groups is 1. The van der Waals surface area contributed by atoms with E-state index in [4.69, 9.17) is 11.6 Å². The summed E-state index contributed by atoms with van der Waals surface area (Å²) < 4.78 is 13.2. The van der Waals surface area contributed by atoms with Gasteiger partial charge in [-0.3, -0.25) is 4.79 Å². The molecule has 1 nitrogen and oxygen atoms in total. The molecule has 2 aromatic carbocycles. The molecule has 3 heteroatoms. The molecule has 0 saturated heterocycles. The van der Waals surface area contributed by atoms with Gasteiger partial charge in [0, 0.05) is 12.0 Å². The van der Waals surface area contributed by atoms with Crippen molar-refractivity contribution in [2.75, 3.05) is 0 Å². The maximum Gasteiger partial charge on any atom is 0.162 e. The van der Waals surface area contributed by atoms with Crippen molar-refractivity contribution in [1.29, 1.82) is 0 Å². The fraction of sp³-hybridized carbons (Fsp3) is 0.188. The van der Waals surface area contributed by atoms with E-state index in [0.29, 0.717) is 24.8 Å². The van der Waals surface area contributed by atoms with Gasteiger partial charge in [0.25, 0.3) is 0 Å². The molecule has 0 aliphatic heterocycles. The number of benzene rings is 2. The monoisotopic (exact) mass is 276 g/mol. The van der Waals surface area contributed by atoms with Crippen molar-refractivity contribution >= 4 is 17.4 Å². The van der Waals surface area contributed by atoms with E-state index in [-0.39, 0.29) is 10.8 Å². The average molecular weight is 277 g/mol. The number of ketones is 1. The van der Waals surface area contributed by atoms with Crippen molar-refractivity contribution in [2.24, 2.45) is 0 Å². The summed E-state index contributed by atoms with van der Waals surface area (Å²) in [5, 5.41) is 0.162. The molecule has 0 saturated carbocycles. The van der Waals surface area contributed by atoms with E-state index < -0.39 is 5.82 Å². The molecule has 0 N–H and O–H groups in total. The molecule has 0 aliphatic carbocycles. The van der Waals surface area contributed by atoms with Crippen LogP contribution in [0.15, 0.2) is 48.5 Å². The van der Waals surface area contributed by atoms with Crippen LogP contribution in [0.5, 0.6) is 0 Å². The molecule has 0 unspecified atom stereocenters. The Labute approximate surface area is 117 Å². The Bertz CT molecular complexity index is 566. The zero-order chi connectivity index (χ0) is 13.7. The highest BCUT2D eigenvalue weighted by Crippen LogP contribution is 2.21. The van der Waals surface area contributed by atoms with Crippen molar-refractivity contribution in [3.05, 3.63) is 70.5 Å². The average Bonchev–Trinajstić information content (AvgIpc) is 2.44. The maximum atomic E-state index is 13.2. The van der Waals surface area contributed by atoms with Crippen LogP contribution in [0.1, 0.15) is 28.8 Å². The number of halogens is 2. The highest BCUT2D eigenvalue weighted by atomic mass is 35.5. The fourth-order valence-corrected chi connectivity index (χ4v) is 2.17. The van der Waals surface area contributed by atoms with Crippen LogP contribution in [0.3, 0.4) is 0 Å². The van der Waals surface area contributed by atoms with Gasteiger partial charge < -0.3 is 0 Å². The molecule has 0 radical (unpaired) electrons. The van der Waals surface area contributed by atoms with Gasteiger partial charge in [-0.25, -0.2) is 4.39 Å². The summed E-state index contributed by atoms with van der Waals surface area (Å²) in [6, 6.07) is 13.9. The summed E-state index contributed by atoms with van der Waals surface area (Å²) in [4.78, 5) is 11.9. The Morgan fingerprint density at radius 1 is 1.05 bits per heavy atom. The zero-order valence-electron chi connectivity index (χ0n) is 10.4. The molecular formula is C16H14ClFO. The third-order valence-electron chi connectivity index (χ3n) is 2.98. The molecular weight excluding hydrogens is 263 g/mol.